The molecule has 1 heterocycles. The standard InChI is InChI=1S/C13H16BrClN2O.ClH/c14-10-4-3-9(12(15)6-10)8-17-13(18)7-11-2-1-5-16-11;/h3-4,6,11,16H,1-2,5,7-8H2,(H,17,18);1H. The number of amides is 1. The van der Waals surface area contributed by atoms with Crippen LogP contribution in [0.25, 0.3) is 0 Å². The predicted octanol–water partition coefficient (Wildman–Crippen LogP) is 3.28. The zero-order valence-electron chi connectivity index (χ0n) is 10.4. The summed E-state index contributed by atoms with van der Waals surface area (Å²) in [7, 11) is 0. The van der Waals surface area contributed by atoms with Crippen molar-refractivity contribution in [2.75, 3.05) is 6.54 Å². The Morgan fingerprint density at radius 3 is 2.95 bits per heavy atom. The molecule has 0 radical (unpaired) electrons. The highest BCUT2D eigenvalue weighted by atomic mass is 79.9. The smallest absolute Gasteiger partial charge is 0.221 e. The second-order valence-corrected chi connectivity index (χ2v) is 5.83. The lowest BCUT2D eigenvalue weighted by atomic mass is 10.1. The molecule has 19 heavy (non-hydrogen) atoms. The van der Waals surface area contributed by atoms with Gasteiger partial charge in [-0.15, -0.1) is 12.4 Å². The zero-order valence-corrected chi connectivity index (χ0v) is 13.6. The van der Waals surface area contributed by atoms with Gasteiger partial charge in [-0.3, -0.25) is 4.79 Å². The molecule has 0 aromatic heterocycles. The van der Waals surface area contributed by atoms with Crippen LogP contribution in [0.1, 0.15) is 24.8 Å². The first-order chi connectivity index (χ1) is 8.65. The van der Waals surface area contributed by atoms with Crippen molar-refractivity contribution >= 4 is 45.8 Å². The number of benzene rings is 1. The molecule has 1 aromatic carbocycles. The third-order valence-corrected chi connectivity index (χ3v) is 3.93. The van der Waals surface area contributed by atoms with Gasteiger partial charge in [-0.1, -0.05) is 33.6 Å². The normalized spacial score (nSPS) is 17.9. The maximum Gasteiger partial charge on any atom is 0.221 e. The minimum absolute atomic E-state index is 0. The highest BCUT2D eigenvalue weighted by Gasteiger charge is 2.17. The zero-order chi connectivity index (χ0) is 13.0. The quantitative estimate of drug-likeness (QED) is 0.857. The molecule has 1 aliphatic heterocycles. The van der Waals surface area contributed by atoms with Gasteiger partial charge in [0.25, 0.3) is 0 Å². The first-order valence-corrected chi connectivity index (χ1v) is 7.26. The van der Waals surface area contributed by atoms with E-state index in [-0.39, 0.29) is 18.3 Å². The molecule has 2 rings (SSSR count). The van der Waals surface area contributed by atoms with Crippen LogP contribution in [0, 0.1) is 0 Å². The molecule has 2 N–H and O–H groups in total. The van der Waals surface area contributed by atoms with Crippen LogP contribution in [0.2, 0.25) is 5.02 Å². The summed E-state index contributed by atoms with van der Waals surface area (Å²) in [6.45, 7) is 1.51. The van der Waals surface area contributed by atoms with Gasteiger partial charge in [-0.25, -0.2) is 0 Å². The minimum atomic E-state index is 0. The Bertz CT molecular complexity index is 437. The molecular weight excluding hydrogens is 351 g/mol. The average Bonchev–Trinajstić information content (AvgIpc) is 2.80. The van der Waals surface area contributed by atoms with E-state index >= 15 is 0 Å². The van der Waals surface area contributed by atoms with Gasteiger partial charge in [0.05, 0.1) is 0 Å². The van der Waals surface area contributed by atoms with Crippen molar-refractivity contribution in [3.8, 4) is 0 Å². The molecule has 0 bridgehead atoms. The number of hydrogen-bond donors (Lipinski definition) is 2. The molecule has 3 nitrogen and oxygen atoms in total. The number of nitrogens with one attached hydrogen (secondary N) is 2. The van der Waals surface area contributed by atoms with Crippen molar-refractivity contribution in [1.29, 1.82) is 0 Å². The third-order valence-electron chi connectivity index (χ3n) is 3.09. The third kappa shape index (κ3) is 5.30. The first kappa shape index (κ1) is 16.8. The van der Waals surface area contributed by atoms with Crippen molar-refractivity contribution < 1.29 is 4.79 Å². The fraction of sp³-hybridized carbons (Fsp3) is 0.462. The van der Waals surface area contributed by atoms with E-state index in [2.05, 4.69) is 26.6 Å². The molecule has 6 heteroatoms. The Morgan fingerprint density at radius 2 is 2.32 bits per heavy atom. The SMILES string of the molecule is Cl.O=C(CC1CCCN1)NCc1ccc(Br)cc1Cl. The largest absolute Gasteiger partial charge is 0.352 e. The number of rotatable bonds is 4. The summed E-state index contributed by atoms with van der Waals surface area (Å²) in [4.78, 5) is 11.7. The molecule has 0 aliphatic carbocycles. The van der Waals surface area contributed by atoms with Crippen molar-refractivity contribution in [2.24, 2.45) is 0 Å². The maximum absolute atomic E-state index is 11.7. The molecule has 0 saturated carbocycles. The van der Waals surface area contributed by atoms with Crippen LogP contribution in [0.5, 0.6) is 0 Å². The van der Waals surface area contributed by atoms with Crippen LogP contribution in [0.4, 0.5) is 0 Å². The van der Waals surface area contributed by atoms with Crippen LogP contribution in [0.3, 0.4) is 0 Å². The molecule has 1 aliphatic rings. The fourth-order valence-corrected chi connectivity index (χ4v) is 2.83. The summed E-state index contributed by atoms with van der Waals surface area (Å²) >= 11 is 9.44. The summed E-state index contributed by atoms with van der Waals surface area (Å²) in [6, 6.07) is 6.01. The fourth-order valence-electron chi connectivity index (χ4n) is 2.09. The van der Waals surface area contributed by atoms with Crippen LogP contribution in [-0.4, -0.2) is 18.5 Å². The van der Waals surface area contributed by atoms with Crippen LogP contribution >= 0.6 is 39.9 Å². The summed E-state index contributed by atoms with van der Waals surface area (Å²) in [5, 5.41) is 6.89. The molecule has 1 saturated heterocycles. The van der Waals surface area contributed by atoms with Gasteiger partial charge in [0.2, 0.25) is 5.91 Å². The Labute approximate surface area is 133 Å². The molecule has 106 valence electrons. The van der Waals surface area contributed by atoms with E-state index in [0.717, 1.165) is 29.4 Å². The predicted molar refractivity (Wildman–Crippen MR) is 83.9 cm³/mol. The summed E-state index contributed by atoms with van der Waals surface area (Å²) < 4.78 is 0.942. The van der Waals surface area contributed by atoms with E-state index in [0.29, 0.717) is 24.0 Å². The molecule has 0 spiro atoms. The Balaban J connectivity index is 0.00000180. The molecule has 1 fully saturated rings. The molecule has 1 atom stereocenters. The topological polar surface area (TPSA) is 41.1 Å². The number of carbonyl (C=O) groups excluding carboxylic acids is 1. The summed E-state index contributed by atoms with van der Waals surface area (Å²) in [5.41, 5.74) is 0.938. The second kappa shape index (κ2) is 8.10. The van der Waals surface area contributed by atoms with E-state index in [1.165, 1.54) is 0 Å². The minimum Gasteiger partial charge on any atom is -0.352 e. The number of halogens is 3. The van der Waals surface area contributed by atoms with Gasteiger partial charge in [0.15, 0.2) is 0 Å². The van der Waals surface area contributed by atoms with E-state index in [1.54, 1.807) is 0 Å². The Morgan fingerprint density at radius 1 is 1.53 bits per heavy atom. The van der Waals surface area contributed by atoms with Gasteiger partial charge in [0.1, 0.15) is 0 Å². The van der Waals surface area contributed by atoms with E-state index < -0.39 is 0 Å². The first-order valence-electron chi connectivity index (χ1n) is 6.09. The van der Waals surface area contributed by atoms with Crippen molar-refractivity contribution in [3.63, 3.8) is 0 Å². The van der Waals surface area contributed by atoms with Crippen LogP contribution in [-0.2, 0) is 11.3 Å². The molecule has 1 aromatic rings. The van der Waals surface area contributed by atoms with Crippen molar-refractivity contribution in [1.82, 2.24) is 10.6 Å². The van der Waals surface area contributed by atoms with E-state index in [1.807, 2.05) is 18.2 Å². The number of carbonyl (C=O) groups is 1. The van der Waals surface area contributed by atoms with Gasteiger partial charge in [-0.05, 0) is 37.1 Å². The highest BCUT2D eigenvalue weighted by Crippen LogP contribution is 2.21. The monoisotopic (exact) mass is 366 g/mol. The van der Waals surface area contributed by atoms with Crippen LogP contribution in [0.15, 0.2) is 22.7 Å². The molecule has 1 amide bonds. The van der Waals surface area contributed by atoms with Gasteiger partial charge < -0.3 is 10.6 Å². The van der Waals surface area contributed by atoms with Gasteiger partial charge >= 0.3 is 0 Å². The van der Waals surface area contributed by atoms with Crippen molar-refractivity contribution in [3.05, 3.63) is 33.3 Å². The van der Waals surface area contributed by atoms with Crippen LogP contribution < -0.4 is 10.6 Å². The van der Waals surface area contributed by atoms with Crippen molar-refractivity contribution in [2.45, 2.75) is 31.8 Å². The Kier molecular flexibility index (Phi) is 7.15. The lowest BCUT2D eigenvalue weighted by molar-refractivity contribution is -0.121. The molecule has 1 unspecified atom stereocenters. The van der Waals surface area contributed by atoms with E-state index in [9.17, 15) is 4.79 Å². The van der Waals surface area contributed by atoms with Gasteiger partial charge in [-0.2, -0.15) is 0 Å². The lowest BCUT2D eigenvalue weighted by Crippen LogP contribution is -2.31. The highest BCUT2D eigenvalue weighted by molar-refractivity contribution is 9.10. The molecular formula is C13H17BrCl2N2O. The summed E-state index contributed by atoms with van der Waals surface area (Å²) in [6.07, 6.45) is 2.80. The number of hydrogen-bond acceptors (Lipinski definition) is 2. The summed E-state index contributed by atoms with van der Waals surface area (Å²) in [5.74, 6) is 0.0772. The maximum atomic E-state index is 11.7. The average molecular weight is 368 g/mol. The Hall–Kier alpha value is -0.290. The van der Waals surface area contributed by atoms with Gasteiger partial charge in [0, 0.05) is 28.5 Å². The second-order valence-electron chi connectivity index (χ2n) is 4.51. The van der Waals surface area contributed by atoms with E-state index in [4.69, 9.17) is 11.6 Å². The lowest BCUT2D eigenvalue weighted by Gasteiger charge is -2.11.